The summed E-state index contributed by atoms with van der Waals surface area (Å²) in [5.74, 6) is 0.835. The lowest BCUT2D eigenvalue weighted by Gasteiger charge is -2.09. The van der Waals surface area contributed by atoms with Gasteiger partial charge in [-0.2, -0.15) is 0 Å². The zero-order valence-electron chi connectivity index (χ0n) is 10.9. The van der Waals surface area contributed by atoms with Gasteiger partial charge in [0.15, 0.2) is 0 Å². The number of aromatic nitrogens is 2. The van der Waals surface area contributed by atoms with Crippen LogP contribution in [0.25, 0.3) is 11.4 Å². The molecular weight excluding hydrogens is 308 g/mol. The van der Waals surface area contributed by atoms with Gasteiger partial charge in [-0.25, -0.2) is 4.98 Å². The lowest BCUT2D eigenvalue weighted by Crippen LogP contribution is -1.97. The molecule has 1 aromatic heterocycles. The molecule has 0 unspecified atom stereocenters. The third-order valence-electron chi connectivity index (χ3n) is 3.11. The number of hydrogen-bond acceptors (Lipinski definition) is 2. The van der Waals surface area contributed by atoms with Crippen LogP contribution in [0.3, 0.4) is 0 Å². The Balaban J connectivity index is 2.66. The van der Waals surface area contributed by atoms with Crippen molar-refractivity contribution in [3.8, 4) is 11.4 Å². The van der Waals surface area contributed by atoms with E-state index in [0.717, 1.165) is 27.1 Å². The van der Waals surface area contributed by atoms with Gasteiger partial charge in [-0.05, 0) is 51.0 Å². The molecule has 2 nitrogen and oxygen atoms in total. The highest BCUT2D eigenvalue weighted by Crippen LogP contribution is 2.27. The molecule has 0 atom stereocenters. The van der Waals surface area contributed by atoms with Crippen molar-refractivity contribution in [1.82, 2.24) is 9.97 Å². The standard InChI is InChI=1S/C14H15BrN2S/c1-7-5-11(6-8(2)12(7)15)13-16-10(4)9(3)14(18)17-13/h5-6H,1-4H3,(H,16,17,18). The van der Waals surface area contributed by atoms with Crippen molar-refractivity contribution < 1.29 is 0 Å². The predicted molar refractivity (Wildman–Crippen MR) is 81.5 cm³/mol. The van der Waals surface area contributed by atoms with Crippen LogP contribution in [0.2, 0.25) is 0 Å². The van der Waals surface area contributed by atoms with Gasteiger partial charge >= 0.3 is 0 Å². The summed E-state index contributed by atoms with van der Waals surface area (Å²) in [6.07, 6.45) is 0. The summed E-state index contributed by atoms with van der Waals surface area (Å²) in [4.78, 5) is 7.77. The zero-order chi connectivity index (χ0) is 13.4. The van der Waals surface area contributed by atoms with Crippen LogP contribution in [0, 0.1) is 32.3 Å². The summed E-state index contributed by atoms with van der Waals surface area (Å²) < 4.78 is 1.81. The molecule has 0 fully saturated rings. The highest BCUT2D eigenvalue weighted by molar-refractivity contribution is 9.10. The molecule has 0 aliphatic rings. The third kappa shape index (κ3) is 2.40. The SMILES string of the molecule is Cc1cc(-c2nc(=S)c(C)c(C)[nH]2)cc(C)c1Br. The quantitative estimate of drug-likeness (QED) is 0.764. The summed E-state index contributed by atoms with van der Waals surface area (Å²) in [6, 6.07) is 4.22. The molecule has 4 heteroatoms. The second-order valence-electron chi connectivity index (χ2n) is 4.56. The van der Waals surface area contributed by atoms with E-state index < -0.39 is 0 Å². The first-order chi connectivity index (χ1) is 8.40. The number of nitrogens with one attached hydrogen (secondary N) is 1. The molecule has 2 aromatic rings. The molecule has 18 heavy (non-hydrogen) atoms. The van der Waals surface area contributed by atoms with Gasteiger partial charge < -0.3 is 4.98 Å². The number of halogens is 1. The largest absolute Gasteiger partial charge is 0.343 e. The maximum absolute atomic E-state index is 5.28. The number of hydrogen-bond donors (Lipinski definition) is 1. The van der Waals surface area contributed by atoms with Crippen LogP contribution in [0.5, 0.6) is 0 Å². The van der Waals surface area contributed by atoms with Crippen molar-refractivity contribution in [2.75, 3.05) is 0 Å². The van der Waals surface area contributed by atoms with Crippen LogP contribution in [0.15, 0.2) is 16.6 Å². The fourth-order valence-electron chi connectivity index (χ4n) is 1.86. The van der Waals surface area contributed by atoms with Crippen molar-refractivity contribution >= 4 is 28.1 Å². The Labute approximate surface area is 121 Å². The topological polar surface area (TPSA) is 28.7 Å². The molecule has 1 aromatic carbocycles. The van der Waals surface area contributed by atoms with E-state index >= 15 is 0 Å². The summed E-state index contributed by atoms with van der Waals surface area (Å²) >= 11 is 8.85. The average molecular weight is 323 g/mol. The van der Waals surface area contributed by atoms with Crippen LogP contribution in [-0.4, -0.2) is 9.97 Å². The maximum Gasteiger partial charge on any atom is 0.139 e. The van der Waals surface area contributed by atoms with E-state index in [0.29, 0.717) is 4.64 Å². The molecule has 0 amide bonds. The van der Waals surface area contributed by atoms with Gasteiger partial charge in [0.1, 0.15) is 10.5 Å². The zero-order valence-corrected chi connectivity index (χ0v) is 13.3. The highest BCUT2D eigenvalue weighted by Gasteiger charge is 2.07. The molecule has 0 spiro atoms. The van der Waals surface area contributed by atoms with Crippen LogP contribution in [0.4, 0.5) is 0 Å². The van der Waals surface area contributed by atoms with Gasteiger partial charge in [0, 0.05) is 21.3 Å². The molecule has 1 N–H and O–H groups in total. The summed E-state index contributed by atoms with van der Waals surface area (Å²) in [6.45, 7) is 8.17. The lowest BCUT2D eigenvalue weighted by molar-refractivity contribution is 1.05. The molecule has 0 bridgehead atoms. The van der Waals surface area contributed by atoms with Crippen molar-refractivity contribution in [3.05, 3.63) is 43.6 Å². The molecule has 0 saturated heterocycles. The van der Waals surface area contributed by atoms with Crippen molar-refractivity contribution in [2.45, 2.75) is 27.7 Å². The molecular formula is C14H15BrN2S. The van der Waals surface area contributed by atoms with E-state index in [1.807, 2.05) is 13.8 Å². The number of aromatic amines is 1. The van der Waals surface area contributed by atoms with Crippen LogP contribution >= 0.6 is 28.1 Å². The van der Waals surface area contributed by atoms with E-state index in [-0.39, 0.29) is 0 Å². The number of H-pyrrole nitrogens is 1. The number of nitrogens with zero attached hydrogens (tertiary/aromatic N) is 1. The summed E-state index contributed by atoms with van der Waals surface area (Å²) in [7, 11) is 0. The molecule has 0 radical (unpaired) electrons. The first-order valence-electron chi connectivity index (χ1n) is 5.75. The number of benzene rings is 1. The van der Waals surface area contributed by atoms with Crippen molar-refractivity contribution in [3.63, 3.8) is 0 Å². The first-order valence-corrected chi connectivity index (χ1v) is 6.95. The average Bonchev–Trinajstić information content (AvgIpc) is 2.31. The highest BCUT2D eigenvalue weighted by atomic mass is 79.9. The van der Waals surface area contributed by atoms with Gasteiger partial charge in [0.05, 0.1) is 0 Å². The van der Waals surface area contributed by atoms with E-state index in [4.69, 9.17) is 12.2 Å². The minimum Gasteiger partial charge on any atom is -0.343 e. The third-order valence-corrected chi connectivity index (χ3v) is 4.76. The van der Waals surface area contributed by atoms with Crippen molar-refractivity contribution in [2.24, 2.45) is 0 Å². The molecule has 2 rings (SSSR count). The van der Waals surface area contributed by atoms with E-state index in [2.05, 4.69) is 51.9 Å². The normalized spacial score (nSPS) is 10.7. The van der Waals surface area contributed by atoms with Gasteiger partial charge in [0.25, 0.3) is 0 Å². The second kappa shape index (κ2) is 4.94. The maximum atomic E-state index is 5.28. The minimum atomic E-state index is 0.666. The Morgan fingerprint density at radius 2 is 1.67 bits per heavy atom. The molecule has 0 saturated carbocycles. The fourth-order valence-corrected chi connectivity index (χ4v) is 2.34. The van der Waals surface area contributed by atoms with Gasteiger partial charge in [-0.3, -0.25) is 0 Å². The fraction of sp³-hybridized carbons (Fsp3) is 0.286. The Morgan fingerprint density at radius 1 is 1.11 bits per heavy atom. The van der Waals surface area contributed by atoms with E-state index in [1.54, 1.807) is 0 Å². The molecule has 1 heterocycles. The van der Waals surface area contributed by atoms with Crippen LogP contribution < -0.4 is 0 Å². The molecule has 0 aliphatic heterocycles. The van der Waals surface area contributed by atoms with Gasteiger partial charge in [-0.15, -0.1) is 0 Å². The van der Waals surface area contributed by atoms with Gasteiger partial charge in [-0.1, -0.05) is 28.1 Å². The Hall–Kier alpha value is -1.00. The van der Waals surface area contributed by atoms with E-state index in [9.17, 15) is 0 Å². The Bertz CT molecular complexity index is 651. The van der Waals surface area contributed by atoms with Crippen LogP contribution in [-0.2, 0) is 0 Å². The number of aryl methyl sites for hydroxylation is 3. The summed E-state index contributed by atoms with van der Waals surface area (Å²) in [5, 5.41) is 0. The molecule has 94 valence electrons. The van der Waals surface area contributed by atoms with E-state index in [1.165, 1.54) is 11.1 Å². The lowest BCUT2D eigenvalue weighted by atomic mass is 10.1. The Morgan fingerprint density at radius 3 is 2.17 bits per heavy atom. The smallest absolute Gasteiger partial charge is 0.139 e. The van der Waals surface area contributed by atoms with Gasteiger partial charge in [0.2, 0.25) is 0 Å². The minimum absolute atomic E-state index is 0.666. The summed E-state index contributed by atoms with van der Waals surface area (Å²) in [5.41, 5.74) is 5.58. The predicted octanol–water partition coefficient (Wildman–Crippen LogP) is 4.80. The first kappa shape index (κ1) is 13.4. The second-order valence-corrected chi connectivity index (χ2v) is 5.74. The van der Waals surface area contributed by atoms with Crippen molar-refractivity contribution in [1.29, 1.82) is 0 Å². The monoisotopic (exact) mass is 322 g/mol. The number of rotatable bonds is 1. The van der Waals surface area contributed by atoms with Crippen LogP contribution in [0.1, 0.15) is 22.4 Å². The molecule has 0 aliphatic carbocycles. The Kier molecular flexibility index (Phi) is 3.69.